The van der Waals surface area contributed by atoms with Crippen molar-refractivity contribution >= 4 is 11.8 Å². The maximum absolute atomic E-state index is 5.84. The highest BCUT2D eigenvalue weighted by atomic mass is 15.3. The average Bonchev–Trinajstić information content (AvgIpc) is 2.70. The minimum absolute atomic E-state index is 0.292. The lowest BCUT2D eigenvalue weighted by molar-refractivity contribution is 0.345. The van der Waals surface area contributed by atoms with Gasteiger partial charge in [-0.1, -0.05) is 0 Å². The van der Waals surface area contributed by atoms with Gasteiger partial charge in [0, 0.05) is 43.4 Å². The molecule has 0 amide bonds. The highest BCUT2D eigenvalue weighted by Crippen LogP contribution is 2.35. The molecule has 1 aliphatic rings. The van der Waals surface area contributed by atoms with Crippen LogP contribution in [-0.2, 0) is 13.6 Å². The van der Waals surface area contributed by atoms with Crippen LogP contribution in [0.1, 0.15) is 35.7 Å². The average molecular weight is 287 g/mol. The molecule has 0 bridgehead atoms. The first-order valence-electron chi connectivity index (χ1n) is 7.14. The second kappa shape index (κ2) is 5.33. The maximum atomic E-state index is 5.84. The Kier molecular flexibility index (Phi) is 3.50. The molecule has 0 saturated heterocycles. The Morgan fingerprint density at radius 2 is 2.14 bits per heavy atom. The summed E-state index contributed by atoms with van der Waals surface area (Å²) in [6, 6.07) is 2.26. The normalized spacial score (nSPS) is 21.1. The molecule has 1 fully saturated rings. The molecule has 3 rings (SSSR count). The van der Waals surface area contributed by atoms with Crippen LogP contribution in [0.4, 0.5) is 11.8 Å². The monoisotopic (exact) mass is 287 g/mol. The number of nitrogens with two attached hydrogens (primary N) is 2. The predicted octanol–water partition coefficient (Wildman–Crippen LogP) is 0.918. The molecule has 0 radical (unpaired) electrons. The molecule has 5 N–H and O–H groups in total. The third-order valence-electron chi connectivity index (χ3n) is 3.93. The van der Waals surface area contributed by atoms with E-state index in [4.69, 9.17) is 11.5 Å². The fourth-order valence-electron chi connectivity index (χ4n) is 2.70. The molecule has 7 heteroatoms. The van der Waals surface area contributed by atoms with Gasteiger partial charge in [0.05, 0.1) is 11.4 Å². The van der Waals surface area contributed by atoms with Gasteiger partial charge < -0.3 is 16.8 Å². The molecule has 0 aromatic carbocycles. The zero-order valence-corrected chi connectivity index (χ0v) is 12.4. The van der Waals surface area contributed by atoms with Gasteiger partial charge in [-0.2, -0.15) is 10.1 Å². The summed E-state index contributed by atoms with van der Waals surface area (Å²) in [5, 5.41) is 7.62. The van der Waals surface area contributed by atoms with Gasteiger partial charge in [0.15, 0.2) is 0 Å². The van der Waals surface area contributed by atoms with E-state index in [1.165, 1.54) is 0 Å². The molecular formula is C14H21N7. The van der Waals surface area contributed by atoms with Crippen molar-refractivity contribution in [1.29, 1.82) is 0 Å². The molecule has 21 heavy (non-hydrogen) atoms. The Morgan fingerprint density at radius 3 is 2.76 bits per heavy atom. The topological polar surface area (TPSA) is 108 Å². The number of anilines is 2. The van der Waals surface area contributed by atoms with Crippen LogP contribution in [-0.4, -0.2) is 25.8 Å². The van der Waals surface area contributed by atoms with Crippen molar-refractivity contribution in [1.82, 2.24) is 19.7 Å². The quantitative estimate of drug-likeness (QED) is 0.771. The Hall–Kier alpha value is -2.15. The van der Waals surface area contributed by atoms with Crippen molar-refractivity contribution in [3.05, 3.63) is 29.2 Å². The molecule has 0 atom stereocenters. The van der Waals surface area contributed by atoms with Gasteiger partial charge in [-0.3, -0.25) is 4.68 Å². The van der Waals surface area contributed by atoms with Crippen molar-refractivity contribution < 1.29 is 0 Å². The van der Waals surface area contributed by atoms with Gasteiger partial charge in [0.1, 0.15) is 5.82 Å². The zero-order chi connectivity index (χ0) is 15.0. The number of nitrogens with one attached hydrogen (secondary N) is 1. The lowest BCUT2D eigenvalue weighted by atomic mass is 9.78. The van der Waals surface area contributed by atoms with Crippen LogP contribution in [0, 0.1) is 6.92 Å². The van der Waals surface area contributed by atoms with Gasteiger partial charge in [0.25, 0.3) is 0 Å². The van der Waals surface area contributed by atoms with Gasteiger partial charge in [-0.05, 0) is 19.8 Å². The van der Waals surface area contributed by atoms with Crippen molar-refractivity contribution in [2.75, 3.05) is 11.1 Å². The maximum Gasteiger partial charge on any atom is 0.222 e. The van der Waals surface area contributed by atoms with Crippen LogP contribution in [0.15, 0.2) is 12.3 Å². The van der Waals surface area contributed by atoms with Crippen LogP contribution >= 0.6 is 0 Å². The first kappa shape index (κ1) is 13.8. The molecule has 2 aromatic rings. The van der Waals surface area contributed by atoms with Crippen LogP contribution < -0.4 is 16.8 Å². The third-order valence-corrected chi connectivity index (χ3v) is 3.93. The Balaban J connectivity index is 1.71. The van der Waals surface area contributed by atoms with E-state index in [1.54, 1.807) is 0 Å². The number of nitrogens with zero attached hydrogens (tertiary/aromatic N) is 4. The standard InChI is InChI=1S/C14H21N7/c1-8-10(7-21(2)20-8)6-17-13-5-12(18-14(16)19-13)9-3-11(15)4-9/h5,7,9,11H,3-4,6,15H2,1-2H3,(H3,16,17,18,19). The summed E-state index contributed by atoms with van der Waals surface area (Å²) in [6.45, 7) is 2.66. The van der Waals surface area contributed by atoms with E-state index in [1.807, 2.05) is 30.9 Å². The van der Waals surface area contributed by atoms with Gasteiger partial charge in [-0.25, -0.2) is 4.98 Å². The molecule has 0 unspecified atom stereocenters. The molecule has 1 aliphatic carbocycles. The summed E-state index contributed by atoms with van der Waals surface area (Å²) < 4.78 is 1.81. The molecular weight excluding hydrogens is 266 g/mol. The number of aromatic nitrogens is 4. The van der Waals surface area contributed by atoms with E-state index in [2.05, 4.69) is 20.4 Å². The van der Waals surface area contributed by atoms with Crippen LogP contribution in [0.5, 0.6) is 0 Å². The summed E-state index contributed by atoms with van der Waals surface area (Å²) in [5.41, 5.74) is 14.8. The van der Waals surface area contributed by atoms with E-state index in [0.29, 0.717) is 24.5 Å². The Labute approximate surface area is 123 Å². The van der Waals surface area contributed by atoms with Crippen LogP contribution in [0.25, 0.3) is 0 Å². The smallest absolute Gasteiger partial charge is 0.222 e. The fraction of sp³-hybridized carbons (Fsp3) is 0.500. The lowest BCUT2D eigenvalue weighted by Crippen LogP contribution is -2.35. The number of hydrogen-bond donors (Lipinski definition) is 3. The fourth-order valence-corrected chi connectivity index (χ4v) is 2.70. The van der Waals surface area contributed by atoms with Gasteiger partial charge >= 0.3 is 0 Å². The van der Waals surface area contributed by atoms with Crippen molar-refractivity contribution in [2.24, 2.45) is 12.8 Å². The van der Waals surface area contributed by atoms with Crippen molar-refractivity contribution in [3.63, 3.8) is 0 Å². The summed E-state index contributed by atoms with van der Waals surface area (Å²) in [5.74, 6) is 1.46. The first-order valence-corrected chi connectivity index (χ1v) is 7.14. The molecule has 0 spiro atoms. The summed E-state index contributed by atoms with van der Waals surface area (Å²) in [4.78, 5) is 8.56. The highest BCUT2D eigenvalue weighted by Gasteiger charge is 2.29. The van der Waals surface area contributed by atoms with E-state index in [9.17, 15) is 0 Å². The van der Waals surface area contributed by atoms with Crippen LogP contribution in [0.2, 0.25) is 0 Å². The second-order valence-electron chi connectivity index (χ2n) is 5.73. The highest BCUT2D eigenvalue weighted by molar-refractivity contribution is 5.42. The minimum atomic E-state index is 0.292. The molecule has 2 aromatic heterocycles. The second-order valence-corrected chi connectivity index (χ2v) is 5.73. The predicted molar refractivity (Wildman–Crippen MR) is 81.7 cm³/mol. The van der Waals surface area contributed by atoms with E-state index in [-0.39, 0.29) is 0 Å². The molecule has 112 valence electrons. The van der Waals surface area contributed by atoms with E-state index in [0.717, 1.165) is 35.6 Å². The number of hydrogen-bond acceptors (Lipinski definition) is 6. The Morgan fingerprint density at radius 1 is 1.38 bits per heavy atom. The molecule has 2 heterocycles. The van der Waals surface area contributed by atoms with Gasteiger partial charge in [0.2, 0.25) is 5.95 Å². The molecule has 0 aliphatic heterocycles. The minimum Gasteiger partial charge on any atom is -0.368 e. The number of aryl methyl sites for hydroxylation is 2. The van der Waals surface area contributed by atoms with Crippen molar-refractivity contribution in [3.8, 4) is 0 Å². The Bertz CT molecular complexity index is 643. The number of rotatable bonds is 4. The first-order chi connectivity index (χ1) is 10.0. The zero-order valence-electron chi connectivity index (χ0n) is 12.4. The van der Waals surface area contributed by atoms with E-state index < -0.39 is 0 Å². The van der Waals surface area contributed by atoms with Gasteiger partial charge in [-0.15, -0.1) is 0 Å². The van der Waals surface area contributed by atoms with Crippen molar-refractivity contribution in [2.45, 2.75) is 38.3 Å². The SMILES string of the molecule is Cc1nn(C)cc1CNc1cc(C2CC(N)C2)nc(N)n1. The summed E-state index contributed by atoms with van der Waals surface area (Å²) in [6.07, 6.45) is 3.94. The van der Waals surface area contributed by atoms with E-state index >= 15 is 0 Å². The summed E-state index contributed by atoms with van der Waals surface area (Å²) in [7, 11) is 1.91. The molecule has 1 saturated carbocycles. The third kappa shape index (κ3) is 2.97. The largest absolute Gasteiger partial charge is 0.368 e. The number of nitrogen functional groups attached to an aromatic ring is 1. The summed E-state index contributed by atoms with van der Waals surface area (Å²) >= 11 is 0. The lowest BCUT2D eigenvalue weighted by Gasteiger charge is -2.32. The molecule has 7 nitrogen and oxygen atoms in total. The van der Waals surface area contributed by atoms with Crippen LogP contribution in [0.3, 0.4) is 0 Å².